The molecule has 1 N–H and O–H groups in total. The van der Waals surface area contributed by atoms with Crippen molar-refractivity contribution in [3.8, 4) is 11.3 Å². The summed E-state index contributed by atoms with van der Waals surface area (Å²) in [6, 6.07) is 18.0. The summed E-state index contributed by atoms with van der Waals surface area (Å²) in [5.41, 5.74) is 3.61. The Morgan fingerprint density at radius 3 is 2.78 bits per heavy atom. The highest BCUT2D eigenvalue weighted by molar-refractivity contribution is 5.97. The second-order valence-electron chi connectivity index (χ2n) is 8.41. The molecule has 5 heteroatoms. The fourth-order valence-corrected chi connectivity index (χ4v) is 4.55. The average Bonchev–Trinajstić information content (AvgIpc) is 3.50. The molecule has 0 saturated heterocycles. The summed E-state index contributed by atoms with van der Waals surface area (Å²) in [4.78, 5) is 23.3. The van der Waals surface area contributed by atoms with Gasteiger partial charge in [-0.25, -0.2) is 4.98 Å². The Morgan fingerprint density at radius 1 is 1.09 bits per heavy atom. The summed E-state index contributed by atoms with van der Waals surface area (Å²) in [5.74, 6) is 0.947. The minimum Gasteiger partial charge on any atom is -0.443 e. The Kier molecular flexibility index (Phi) is 5.88. The Balaban J connectivity index is 1.40. The van der Waals surface area contributed by atoms with E-state index in [0.29, 0.717) is 23.9 Å². The van der Waals surface area contributed by atoms with Gasteiger partial charge in [0.15, 0.2) is 17.8 Å². The fourth-order valence-electron chi connectivity index (χ4n) is 4.55. The van der Waals surface area contributed by atoms with Gasteiger partial charge in [-0.05, 0) is 43.2 Å². The quantitative estimate of drug-likeness (QED) is 0.377. The zero-order chi connectivity index (χ0) is 21.8. The van der Waals surface area contributed by atoms with Crippen LogP contribution < -0.4 is 0 Å². The molecule has 1 atom stereocenters. The van der Waals surface area contributed by atoms with Crippen molar-refractivity contribution in [1.29, 1.82) is 0 Å². The van der Waals surface area contributed by atoms with Crippen molar-refractivity contribution in [2.75, 3.05) is 13.1 Å². The van der Waals surface area contributed by atoms with Gasteiger partial charge in [-0.15, -0.1) is 0 Å². The predicted octanol–water partition coefficient (Wildman–Crippen LogP) is 5.86. The summed E-state index contributed by atoms with van der Waals surface area (Å²) >= 11 is 0. The van der Waals surface area contributed by atoms with E-state index in [1.54, 1.807) is 0 Å². The number of allylic oxidation sites excluding steroid dienone is 2. The number of oxazole rings is 1. The van der Waals surface area contributed by atoms with Gasteiger partial charge < -0.3 is 14.3 Å². The fraction of sp³-hybridized carbons (Fsp3) is 0.259. The molecule has 5 rings (SSSR count). The Hall–Kier alpha value is -3.60. The van der Waals surface area contributed by atoms with Crippen LogP contribution >= 0.6 is 0 Å². The lowest BCUT2D eigenvalue weighted by atomic mass is 9.93. The van der Waals surface area contributed by atoms with Crippen molar-refractivity contribution in [2.24, 2.45) is 5.92 Å². The molecular formula is C27H27N3O2. The molecule has 1 aliphatic rings. The monoisotopic (exact) mass is 425 g/mol. The van der Waals surface area contributed by atoms with Crippen molar-refractivity contribution in [3.63, 3.8) is 0 Å². The van der Waals surface area contributed by atoms with Crippen LogP contribution in [0.25, 0.3) is 22.2 Å². The molecule has 1 aliphatic carbocycles. The van der Waals surface area contributed by atoms with Gasteiger partial charge in [0.2, 0.25) is 0 Å². The molecule has 0 aliphatic heterocycles. The zero-order valence-electron chi connectivity index (χ0n) is 18.0. The van der Waals surface area contributed by atoms with Crippen LogP contribution in [0.5, 0.6) is 0 Å². The molecule has 162 valence electrons. The first-order valence-electron chi connectivity index (χ1n) is 11.3. The van der Waals surface area contributed by atoms with Crippen molar-refractivity contribution in [1.82, 2.24) is 14.9 Å². The van der Waals surface area contributed by atoms with Gasteiger partial charge in [0.25, 0.3) is 5.91 Å². The van der Waals surface area contributed by atoms with Crippen LogP contribution in [0, 0.1) is 5.92 Å². The van der Waals surface area contributed by atoms with E-state index >= 15 is 0 Å². The minimum absolute atomic E-state index is 0.0630. The third-order valence-corrected chi connectivity index (χ3v) is 6.28. The van der Waals surface area contributed by atoms with E-state index in [2.05, 4.69) is 46.5 Å². The largest absolute Gasteiger partial charge is 0.443 e. The highest BCUT2D eigenvalue weighted by atomic mass is 16.3. The van der Waals surface area contributed by atoms with Gasteiger partial charge in [-0.1, -0.05) is 60.7 Å². The number of nitrogens with zero attached hydrogens (tertiary/aromatic N) is 2. The summed E-state index contributed by atoms with van der Waals surface area (Å²) in [6.07, 6.45) is 11.9. The molecule has 0 bridgehead atoms. The maximum absolute atomic E-state index is 13.7. The standard InChI is InChI=1S/C27H27N3O2/c31-27(25-26(32-19-29-25)21-11-5-2-6-12-21)30(18-20-9-3-1-4-10-20)16-15-22-17-28-24-14-8-7-13-23(22)24/h1-3,5-8,11-14,17,19-20,28H,4,9-10,15-16,18H2. The van der Waals surface area contributed by atoms with Crippen LogP contribution in [-0.2, 0) is 6.42 Å². The topological polar surface area (TPSA) is 62.1 Å². The smallest absolute Gasteiger partial charge is 0.276 e. The van der Waals surface area contributed by atoms with Crippen molar-refractivity contribution in [3.05, 3.63) is 90.6 Å². The molecule has 2 aromatic heterocycles. The molecule has 0 spiro atoms. The number of hydrogen-bond acceptors (Lipinski definition) is 3. The summed E-state index contributed by atoms with van der Waals surface area (Å²) in [5, 5.41) is 1.21. The molecule has 2 aromatic carbocycles. The van der Waals surface area contributed by atoms with Crippen LogP contribution in [0.1, 0.15) is 35.3 Å². The first kappa shape index (κ1) is 20.3. The molecule has 32 heavy (non-hydrogen) atoms. The predicted molar refractivity (Wildman–Crippen MR) is 126 cm³/mol. The van der Waals surface area contributed by atoms with E-state index in [0.717, 1.165) is 43.3 Å². The lowest BCUT2D eigenvalue weighted by molar-refractivity contribution is 0.0721. The van der Waals surface area contributed by atoms with Crippen LogP contribution in [-0.4, -0.2) is 33.9 Å². The molecular weight excluding hydrogens is 398 g/mol. The lowest BCUT2D eigenvalue weighted by Gasteiger charge is -2.28. The number of H-pyrrole nitrogens is 1. The number of rotatable bonds is 7. The molecule has 0 radical (unpaired) electrons. The normalized spacial score (nSPS) is 15.8. The van der Waals surface area contributed by atoms with Gasteiger partial charge in [0.05, 0.1) is 0 Å². The molecule has 1 amide bonds. The number of aromatic nitrogens is 2. The average molecular weight is 426 g/mol. The van der Waals surface area contributed by atoms with E-state index in [-0.39, 0.29) is 5.91 Å². The maximum atomic E-state index is 13.7. The number of hydrogen-bond donors (Lipinski definition) is 1. The molecule has 4 aromatic rings. The maximum Gasteiger partial charge on any atom is 0.276 e. The highest BCUT2D eigenvalue weighted by Crippen LogP contribution is 2.26. The summed E-state index contributed by atoms with van der Waals surface area (Å²) < 4.78 is 5.65. The molecule has 5 nitrogen and oxygen atoms in total. The third kappa shape index (κ3) is 4.24. The number of amides is 1. The van der Waals surface area contributed by atoms with E-state index in [4.69, 9.17) is 4.42 Å². The van der Waals surface area contributed by atoms with E-state index in [1.807, 2.05) is 41.3 Å². The Labute approximate surface area is 187 Å². The van der Waals surface area contributed by atoms with Gasteiger partial charge in [0.1, 0.15) is 0 Å². The Morgan fingerprint density at radius 2 is 1.94 bits per heavy atom. The Bertz CT molecular complexity index is 1220. The van der Waals surface area contributed by atoms with E-state index < -0.39 is 0 Å². The third-order valence-electron chi connectivity index (χ3n) is 6.28. The minimum atomic E-state index is -0.0630. The lowest BCUT2D eigenvalue weighted by Crippen LogP contribution is -2.37. The summed E-state index contributed by atoms with van der Waals surface area (Å²) in [7, 11) is 0. The van der Waals surface area contributed by atoms with Crippen molar-refractivity contribution < 1.29 is 9.21 Å². The number of nitrogens with one attached hydrogen (secondary N) is 1. The van der Waals surface area contributed by atoms with Crippen LogP contribution in [0.2, 0.25) is 0 Å². The van der Waals surface area contributed by atoms with Crippen molar-refractivity contribution in [2.45, 2.75) is 25.7 Å². The second kappa shape index (κ2) is 9.27. The summed E-state index contributed by atoms with van der Waals surface area (Å²) in [6.45, 7) is 1.37. The van der Waals surface area contributed by atoms with Crippen LogP contribution in [0.4, 0.5) is 0 Å². The molecule has 1 unspecified atom stereocenters. The van der Waals surface area contributed by atoms with Gasteiger partial charge in [-0.3, -0.25) is 4.79 Å². The van der Waals surface area contributed by atoms with Gasteiger partial charge in [-0.2, -0.15) is 0 Å². The SMILES string of the molecule is O=C(c1ncoc1-c1ccccc1)N(CCc1c[nH]c2ccccc12)CC1CC=CCC1. The first-order valence-corrected chi connectivity index (χ1v) is 11.3. The van der Waals surface area contributed by atoms with Gasteiger partial charge in [0, 0.05) is 35.8 Å². The van der Waals surface area contributed by atoms with Crippen LogP contribution in [0.3, 0.4) is 0 Å². The number of fused-ring (bicyclic) bond motifs is 1. The van der Waals surface area contributed by atoms with E-state index in [9.17, 15) is 4.79 Å². The molecule has 0 fully saturated rings. The van der Waals surface area contributed by atoms with Crippen molar-refractivity contribution >= 4 is 16.8 Å². The molecule has 2 heterocycles. The first-order chi connectivity index (χ1) is 15.8. The number of carbonyl (C=O) groups excluding carboxylic acids is 1. The number of benzene rings is 2. The number of carbonyl (C=O) groups is 1. The van der Waals surface area contributed by atoms with E-state index in [1.165, 1.54) is 17.3 Å². The highest BCUT2D eigenvalue weighted by Gasteiger charge is 2.26. The number of aromatic amines is 1. The van der Waals surface area contributed by atoms with Crippen LogP contribution in [0.15, 0.2) is 83.8 Å². The van der Waals surface area contributed by atoms with Gasteiger partial charge >= 0.3 is 0 Å². The number of para-hydroxylation sites is 1. The zero-order valence-corrected chi connectivity index (χ0v) is 18.0. The molecule has 0 saturated carbocycles. The second-order valence-corrected chi connectivity index (χ2v) is 8.41.